The first-order chi connectivity index (χ1) is 5.54. The van der Waals surface area contributed by atoms with E-state index in [1.807, 2.05) is 20.8 Å². The van der Waals surface area contributed by atoms with Crippen LogP contribution in [0.4, 0.5) is 0 Å². The van der Waals surface area contributed by atoms with Crippen LogP contribution in [0, 0.1) is 5.41 Å². The first kappa shape index (κ1) is 13.8. The molecule has 0 saturated carbocycles. The van der Waals surface area contributed by atoms with Crippen LogP contribution in [0.5, 0.6) is 0 Å². The van der Waals surface area contributed by atoms with Crippen molar-refractivity contribution in [2.75, 3.05) is 0 Å². The third kappa shape index (κ3) is 6.01. The minimum atomic E-state index is -1.62. The molecule has 0 aromatic carbocycles. The predicted molar refractivity (Wildman–Crippen MR) is 58.9 cm³/mol. The van der Waals surface area contributed by atoms with Gasteiger partial charge in [-0.05, 0) is 43.7 Å². The molecule has 3 N–H and O–H groups in total. The molecule has 0 radical (unpaired) electrons. The summed E-state index contributed by atoms with van der Waals surface area (Å²) in [4.78, 5) is 0. The van der Waals surface area contributed by atoms with E-state index < -0.39 is 15.6 Å². The van der Waals surface area contributed by atoms with E-state index in [4.69, 9.17) is 0 Å². The Morgan fingerprint density at radius 1 is 1.15 bits per heavy atom. The molecule has 0 aliphatic rings. The van der Waals surface area contributed by atoms with Gasteiger partial charge in [0.1, 0.15) is 6.10 Å². The van der Waals surface area contributed by atoms with Gasteiger partial charge in [-0.3, -0.25) is 0 Å². The number of halogens is 2. The molecule has 2 atom stereocenters. The molecule has 0 spiro atoms. The second-order valence-corrected chi connectivity index (χ2v) is 7.85. The van der Waals surface area contributed by atoms with Gasteiger partial charge in [0, 0.05) is 0 Å². The van der Waals surface area contributed by atoms with Crippen molar-refractivity contribution < 1.29 is 15.3 Å². The van der Waals surface area contributed by atoms with E-state index in [-0.39, 0.29) is 5.41 Å². The van der Waals surface area contributed by atoms with Crippen LogP contribution in [0.25, 0.3) is 0 Å². The average molecular weight is 320 g/mol. The van der Waals surface area contributed by atoms with Gasteiger partial charge in [0.05, 0.1) is 6.10 Å². The van der Waals surface area contributed by atoms with Gasteiger partial charge in [-0.15, -0.1) is 0 Å². The predicted octanol–water partition coefficient (Wildman–Crippen LogP) is 1.58. The summed E-state index contributed by atoms with van der Waals surface area (Å²) >= 11 is 5.63. The van der Waals surface area contributed by atoms with Crippen LogP contribution >= 0.6 is 31.9 Å². The van der Waals surface area contributed by atoms with Crippen LogP contribution < -0.4 is 0 Å². The van der Waals surface area contributed by atoms with E-state index in [0.29, 0.717) is 6.42 Å². The SMILES string of the molecule is CC(C)(C)CC(O)C(O)C(O)(Br)Br. The molecule has 0 aromatic heterocycles. The van der Waals surface area contributed by atoms with E-state index in [1.54, 1.807) is 0 Å². The van der Waals surface area contributed by atoms with Gasteiger partial charge in [-0.1, -0.05) is 20.8 Å². The molecule has 0 bridgehead atoms. The zero-order valence-corrected chi connectivity index (χ0v) is 11.1. The lowest BCUT2D eigenvalue weighted by atomic mass is 9.87. The molecule has 3 nitrogen and oxygen atoms in total. The summed E-state index contributed by atoms with van der Waals surface area (Å²) in [5.41, 5.74) is -0.0916. The lowest BCUT2D eigenvalue weighted by Gasteiger charge is -2.29. The monoisotopic (exact) mass is 318 g/mol. The van der Waals surface area contributed by atoms with Crippen LogP contribution in [0.2, 0.25) is 0 Å². The number of aliphatic hydroxyl groups excluding tert-OH is 2. The number of hydrogen-bond acceptors (Lipinski definition) is 3. The van der Waals surface area contributed by atoms with Crippen molar-refractivity contribution in [3.05, 3.63) is 0 Å². The van der Waals surface area contributed by atoms with Gasteiger partial charge in [0.25, 0.3) is 0 Å². The highest BCUT2D eigenvalue weighted by Gasteiger charge is 2.36. The van der Waals surface area contributed by atoms with Crippen molar-refractivity contribution >= 4 is 31.9 Å². The van der Waals surface area contributed by atoms with E-state index in [9.17, 15) is 15.3 Å². The highest BCUT2D eigenvalue weighted by atomic mass is 79.9. The summed E-state index contributed by atoms with van der Waals surface area (Å²) in [5.74, 6) is 0. The first-order valence-corrected chi connectivity index (χ1v) is 5.59. The Morgan fingerprint density at radius 3 is 1.77 bits per heavy atom. The molecule has 13 heavy (non-hydrogen) atoms. The van der Waals surface area contributed by atoms with Crippen LogP contribution in [-0.2, 0) is 0 Å². The summed E-state index contributed by atoms with van der Waals surface area (Å²) in [5, 5.41) is 28.2. The third-order valence-corrected chi connectivity index (χ3v) is 2.48. The molecule has 0 amide bonds. The molecule has 80 valence electrons. The molecule has 0 fully saturated rings. The van der Waals surface area contributed by atoms with Crippen molar-refractivity contribution in [2.24, 2.45) is 5.41 Å². The largest absolute Gasteiger partial charge is 0.390 e. The van der Waals surface area contributed by atoms with Gasteiger partial charge in [-0.2, -0.15) is 0 Å². The molecule has 0 aliphatic heterocycles. The Labute approximate surface area is 95.4 Å². The van der Waals surface area contributed by atoms with Gasteiger partial charge in [0.2, 0.25) is 3.42 Å². The molecule has 2 unspecified atom stereocenters. The first-order valence-electron chi connectivity index (χ1n) is 4.00. The molecular weight excluding hydrogens is 304 g/mol. The summed E-state index contributed by atoms with van der Waals surface area (Å²) in [7, 11) is 0. The summed E-state index contributed by atoms with van der Waals surface area (Å²) in [6.07, 6.45) is -1.82. The van der Waals surface area contributed by atoms with E-state index in [1.165, 1.54) is 0 Å². The van der Waals surface area contributed by atoms with Crippen molar-refractivity contribution in [1.29, 1.82) is 0 Å². The van der Waals surface area contributed by atoms with E-state index in [2.05, 4.69) is 31.9 Å². The minimum Gasteiger partial charge on any atom is -0.390 e. The van der Waals surface area contributed by atoms with Crippen molar-refractivity contribution in [2.45, 2.75) is 42.8 Å². The minimum absolute atomic E-state index is 0.0916. The summed E-state index contributed by atoms with van der Waals surface area (Å²) in [6.45, 7) is 5.85. The number of aliphatic hydroxyl groups is 3. The molecular formula is C8H16Br2O3. The number of hydrogen-bond donors (Lipinski definition) is 3. The van der Waals surface area contributed by atoms with Crippen LogP contribution in [0.15, 0.2) is 0 Å². The summed E-state index contributed by atoms with van der Waals surface area (Å²) < 4.78 is -1.62. The Morgan fingerprint density at radius 2 is 1.54 bits per heavy atom. The lowest BCUT2D eigenvalue weighted by molar-refractivity contribution is -0.0489. The second kappa shape index (κ2) is 4.57. The third-order valence-electron chi connectivity index (χ3n) is 1.54. The lowest BCUT2D eigenvalue weighted by Crippen LogP contribution is -2.41. The van der Waals surface area contributed by atoms with E-state index >= 15 is 0 Å². The smallest absolute Gasteiger partial charge is 0.203 e. The molecule has 0 aliphatic carbocycles. The van der Waals surface area contributed by atoms with Crippen LogP contribution in [0.1, 0.15) is 27.2 Å². The standard InChI is InChI=1S/C8H16Br2O3/c1-7(2,3)4-5(11)6(12)8(9,10)13/h5-6,11-13H,4H2,1-3H3. The van der Waals surface area contributed by atoms with Crippen LogP contribution in [-0.4, -0.2) is 30.9 Å². The van der Waals surface area contributed by atoms with Crippen molar-refractivity contribution in [3.8, 4) is 0 Å². The number of alkyl halides is 2. The maximum absolute atomic E-state index is 9.52. The highest BCUT2D eigenvalue weighted by Crippen LogP contribution is 2.32. The highest BCUT2D eigenvalue weighted by molar-refractivity contribution is 9.25. The molecule has 0 aromatic rings. The maximum atomic E-state index is 9.52. The zero-order chi connectivity index (χ0) is 10.9. The fourth-order valence-electron chi connectivity index (χ4n) is 0.971. The molecule has 0 rings (SSSR count). The Bertz CT molecular complexity index is 160. The van der Waals surface area contributed by atoms with Gasteiger partial charge >= 0.3 is 0 Å². The average Bonchev–Trinajstić information content (AvgIpc) is 1.79. The molecule has 0 heterocycles. The Balaban J connectivity index is 4.20. The Hall–Kier alpha value is 0.840. The number of rotatable bonds is 3. The molecule has 5 heteroatoms. The van der Waals surface area contributed by atoms with E-state index in [0.717, 1.165) is 0 Å². The van der Waals surface area contributed by atoms with Crippen molar-refractivity contribution in [3.63, 3.8) is 0 Å². The van der Waals surface area contributed by atoms with Gasteiger partial charge < -0.3 is 15.3 Å². The zero-order valence-electron chi connectivity index (χ0n) is 7.96. The summed E-state index contributed by atoms with van der Waals surface area (Å²) in [6, 6.07) is 0. The van der Waals surface area contributed by atoms with Crippen molar-refractivity contribution in [1.82, 2.24) is 0 Å². The molecule has 0 saturated heterocycles. The fourth-order valence-corrected chi connectivity index (χ4v) is 1.58. The maximum Gasteiger partial charge on any atom is 0.203 e. The van der Waals surface area contributed by atoms with Gasteiger partial charge in [0.15, 0.2) is 0 Å². The van der Waals surface area contributed by atoms with Crippen LogP contribution in [0.3, 0.4) is 0 Å². The Kier molecular flexibility index (Phi) is 4.87. The topological polar surface area (TPSA) is 60.7 Å². The normalized spacial score (nSPS) is 18.5. The fraction of sp³-hybridized carbons (Fsp3) is 1.00. The second-order valence-electron chi connectivity index (χ2n) is 4.36. The van der Waals surface area contributed by atoms with Gasteiger partial charge in [-0.25, -0.2) is 0 Å². The quantitative estimate of drug-likeness (QED) is 0.692.